The Morgan fingerprint density at radius 1 is 1.00 bits per heavy atom. The monoisotopic (exact) mass is 298 g/mol. The second-order valence-corrected chi connectivity index (χ2v) is 4.59. The molecule has 0 radical (unpaired) electrons. The Hall–Kier alpha value is -3.22. The van der Waals surface area contributed by atoms with Gasteiger partial charge in [-0.25, -0.2) is 9.69 Å². The standard InChI is InChI=1S/C15H10N2O5/c18-14-13(11-8-4-5-9-12(11)17(20)21)22-15(19)16(14)10-6-2-1-3-7-10/h1-9,13H. The van der Waals surface area contributed by atoms with Gasteiger partial charge in [-0.15, -0.1) is 0 Å². The summed E-state index contributed by atoms with van der Waals surface area (Å²) in [5, 5.41) is 11.1. The van der Waals surface area contributed by atoms with E-state index in [0.717, 1.165) is 4.90 Å². The molecular weight excluding hydrogens is 288 g/mol. The molecule has 1 aliphatic heterocycles. The molecule has 110 valence electrons. The molecule has 0 aliphatic carbocycles. The number of hydrogen-bond donors (Lipinski definition) is 0. The lowest BCUT2D eigenvalue weighted by atomic mass is 10.1. The summed E-state index contributed by atoms with van der Waals surface area (Å²) in [4.78, 5) is 35.7. The highest BCUT2D eigenvalue weighted by Crippen LogP contribution is 2.35. The largest absolute Gasteiger partial charge is 0.430 e. The molecule has 1 fully saturated rings. The van der Waals surface area contributed by atoms with Gasteiger partial charge in [0, 0.05) is 6.07 Å². The first kappa shape index (κ1) is 13.7. The molecule has 1 unspecified atom stereocenters. The molecule has 7 heteroatoms. The summed E-state index contributed by atoms with van der Waals surface area (Å²) in [5.41, 5.74) is 0.159. The van der Waals surface area contributed by atoms with Gasteiger partial charge in [-0.2, -0.15) is 0 Å². The van der Waals surface area contributed by atoms with Crippen molar-refractivity contribution in [3.05, 3.63) is 70.3 Å². The number of hydrogen-bond acceptors (Lipinski definition) is 5. The Morgan fingerprint density at radius 2 is 1.64 bits per heavy atom. The second-order valence-electron chi connectivity index (χ2n) is 4.59. The number of amides is 2. The first-order valence-corrected chi connectivity index (χ1v) is 6.42. The quantitative estimate of drug-likeness (QED) is 0.642. The highest BCUT2D eigenvalue weighted by molar-refractivity contribution is 6.18. The van der Waals surface area contributed by atoms with Crippen molar-refractivity contribution in [2.75, 3.05) is 4.90 Å². The molecule has 3 rings (SSSR count). The number of carbonyl (C=O) groups is 2. The minimum Gasteiger partial charge on any atom is -0.430 e. The van der Waals surface area contributed by atoms with E-state index in [2.05, 4.69) is 0 Å². The predicted octanol–water partition coefficient (Wildman–Crippen LogP) is 2.82. The van der Waals surface area contributed by atoms with Crippen LogP contribution in [0, 0.1) is 10.1 Å². The van der Waals surface area contributed by atoms with Crippen molar-refractivity contribution in [1.29, 1.82) is 0 Å². The van der Waals surface area contributed by atoms with E-state index in [0.29, 0.717) is 5.69 Å². The number of rotatable bonds is 3. The third-order valence-corrected chi connectivity index (χ3v) is 3.28. The zero-order chi connectivity index (χ0) is 15.7. The first-order chi connectivity index (χ1) is 10.6. The maximum Gasteiger partial charge on any atom is 0.422 e. The van der Waals surface area contributed by atoms with Crippen LogP contribution in [-0.4, -0.2) is 16.9 Å². The lowest BCUT2D eigenvalue weighted by Crippen LogP contribution is -2.29. The average molecular weight is 298 g/mol. The number of imide groups is 1. The molecule has 1 atom stereocenters. The third kappa shape index (κ3) is 2.18. The summed E-state index contributed by atoms with van der Waals surface area (Å²) in [6, 6.07) is 14.0. The Balaban J connectivity index is 2.01. The van der Waals surface area contributed by atoms with Crippen molar-refractivity contribution in [2.24, 2.45) is 0 Å². The zero-order valence-corrected chi connectivity index (χ0v) is 11.2. The fourth-order valence-electron chi connectivity index (χ4n) is 2.29. The molecule has 0 saturated carbocycles. The second kappa shape index (κ2) is 5.28. The fraction of sp³-hybridized carbons (Fsp3) is 0.0667. The molecule has 1 saturated heterocycles. The summed E-state index contributed by atoms with van der Waals surface area (Å²) < 4.78 is 5.05. The fourth-order valence-corrected chi connectivity index (χ4v) is 2.29. The highest BCUT2D eigenvalue weighted by atomic mass is 16.6. The van der Waals surface area contributed by atoms with Crippen molar-refractivity contribution in [3.63, 3.8) is 0 Å². The maximum atomic E-state index is 12.4. The van der Waals surface area contributed by atoms with E-state index in [9.17, 15) is 19.7 Å². The van der Waals surface area contributed by atoms with Gasteiger partial charge in [0.25, 0.3) is 11.6 Å². The highest BCUT2D eigenvalue weighted by Gasteiger charge is 2.44. The summed E-state index contributed by atoms with van der Waals surface area (Å²) >= 11 is 0. The van der Waals surface area contributed by atoms with Crippen molar-refractivity contribution >= 4 is 23.4 Å². The van der Waals surface area contributed by atoms with Gasteiger partial charge >= 0.3 is 6.09 Å². The van der Waals surface area contributed by atoms with Gasteiger partial charge in [0.15, 0.2) is 0 Å². The van der Waals surface area contributed by atoms with Gasteiger partial charge in [0.1, 0.15) is 0 Å². The number of carbonyl (C=O) groups excluding carboxylic acids is 2. The number of cyclic esters (lactones) is 1. The number of nitro groups is 1. The van der Waals surface area contributed by atoms with Crippen molar-refractivity contribution in [2.45, 2.75) is 6.10 Å². The van der Waals surface area contributed by atoms with Gasteiger partial charge in [0.2, 0.25) is 6.10 Å². The van der Waals surface area contributed by atoms with Gasteiger partial charge in [-0.1, -0.05) is 30.3 Å². The molecule has 7 nitrogen and oxygen atoms in total. The molecular formula is C15H10N2O5. The molecule has 2 aromatic carbocycles. The van der Waals surface area contributed by atoms with E-state index in [1.165, 1.54) is 18.2 Å². The van der Waals surface area contributed by atoms with E-state index in [1.54, 1.807) is 36.4 Å². The van der Waals surface area contributed by atoms with Gasteiger partial charge in [0.05, 0.1) is 16.2 Å². The average Bonchev–Trinajstić information content (AvgIpc) is 2.83. The van der Waals surface area contributed by atoms with E-state index in [1.807, 2.05) is 0 Å². The van der Waals surface area contributed by atoms with E-state index < -0.39 is 23.0 Å². The smallest absolute Gasteiger partial charge is 0.422 e. The van der Waals surface area contributed by atoms with Crippen LogP contribution in [-0.2, 0) is 9.53 Å². The molecule has 22 heavy (non-hydrogen) atoms. The SMILES string of the molecule is O=C1OC(c2ccccc2[N+](=O)[O-])C(=O)N1c1ccccc1. The molecule has 0 N–H and O–H groups in total. The van der Waals surface area contributed by atoms with Crippen LogP contribution in [0.5, 0.6) is 0 Å². The molecule has 0 aromatic heterocycles. The van der Waals surface area contributed by atoms with E-state index >= 15 is 0 Å². The lowest BCUT2D eigenvalue weighted by Gasteiger charge is -2.10. The molecule has 0 spiro atoms. The van der Waals surface area contributed by atoms with Crippen LogP contribution in [0.15, 0.2) is 54.6 Å². The summed E-state index contributed by atoms with van der Waals surface area (Å²) in [6.07, 6.45) is -2.16. The van der Waals surface area contributed by atoms with Crippen LogP contribution >= 0.6 is 0 Å². The van der Waals surface area contributed by atoms with Crippen LogP contribution < -0.4 is 4.90 Å². The molecule has 2 aromatic rings. The molecule has 2 amide bonds. The Kier molecular flexibility index (Phi) is 3.30. The van der Waals surface area contributed by atoms with Crippen molar-refractivity contribution < 1.29 is 19.2 Å². The lowest BCUT2D eigenvalue weighted by molar-refractivity contribution is -0.386. The molecule has 1 aliphatic rings. The molecule has 1 heterocycles. The van der Waals surface area contributed by atoms with Crippen LogP contribution in [0.4, 0.5) is 16.2 Å². The normalized spacial score (nSPS) is 17.5. The Morgan fingerprint density at radius 3 is 2.32 bits per heavy atom. The number of nitrogens with zero attached hydrogens (tertiary/aromatic N) is 2. The maximum absolute atomic E-state index is 12.4. The van der Waals surface area contributed by atoms with Crippen LogP contribution in [0.25, 0.3) is 0 Å². The number of benzene rings is 2. The van der Waals surface area contributed by atoms with Gasteiger partial charge < -0.3 is 4.74 Å². The number of anilines is 1. The van der Waals surface area contributed by atoms with Crippen LogP contribution in [0.1, 0.15) is 11.7 Å². The Labute approximate surface area is 124 Å². The number of ether oxygens (including phenoxy) is 1. The predicted molar refractivity (Wildman–Crippen MR) is 76.2 cm³/mol. The number of para-hydroxylation sites is 2. The number of nitro benzene ring substituents is 1. The van der Waals surface area contributed by atoms with E-state index in [-0.39, 0.29) is 11.3 Å². The van der Waals surface area contributed by atoms with E-state index in [4.69, 9.17) is 4.74 Å². The minimum absolute atomic E-state index is 0.0595. The third-order valence-electron chi connectivity index (χ3n) is 3.28. The Bertz CT molecular complexity index is 760. The topological polar surface area (TPSA) is 89.7 Å². The summed E-state index contributed by atoms with van der Waals surface area (Å²) in [6.45, 7) is 0. The minimum atomic E-state index is -1.31. The van der Waals surface area contributed by atoms with Gasteiger partial charge in [-0.3, -0.25) is 14.9 Å². The summed E-state index contributed by atoms with van der Waals surface area (Å²) in [5.74, 6) is -0.648. The summed E-state index contributed by atoms with van der Waals surface area (Å²) in [7, 11) is 0. The molecule has 0 bridgehead atoms. The van der Waals surface area contributed by atoms with Crippen molar-refractivity contribution in [3.8, 4) is 0 Å². The van der Waals surface area contributed by atoms with Gasteiger partial charge in [-0.05, 0) is 18.2 Å². The van der Waals surface area contributed by atoms with Crippen LogP contribution in [0.2, 0.25) is 0 Å². The van der Waals surface area contributed by atoms with Crippen molar-refractivity contribution in [1.82, 2.24) is 0 Å². The zero-order valence-electron chi connectivity index (χ0n) is 11.2. The van der Waals surface area contributed by atoms with Crippen LogP contribution in [0.3, 0.4) is 0 Å². The first-order valence-electron chi connectivity index (χ1n) is 6.42.